The Hall–Kier alpha value is -3.35. The van der Waals surface area contributed by atoms with E-state index in [2.05, 4.69) is 16.5 Å². The van der Waals surface area contributed by atoms with Gasteiger partial charge in [-0.05, 0) is 30.3 Å². The minimum atomic E-state index is -4.68. The van der Waals surface area contributed by atoms with Gasteiger partial charge in [-0.25, -0.2) is 4.79 Å². The van der Waals surface area contributed by atoms with Crippen molar-refractivity contribution >= 4 is 57.3 Å². The molecule has 5 heterocycles. The van der Waals surface area contributed by atoms with E-state index in [1.165, 1.54) is 28.5 Å². The number of anilines is 1. The van der Waals surface area contributed by atoms with Crippen molar-refractivity contribution in [3.05, 3.63) is 81.3 Å². The predicted octanol–water partition coefficient (Wildman–Crippen LogP) is 5.92. The summed E-state index contributed by atoms with van der Waals surface area (Å²) >= 11 is 8.60. The van der Waals surface area contributed by atoms with E-state index >= 15 is 0 Å². The third-order valence-corrected chi connectivity index (χ3v) is 9.87. The molecule has 1 fully saturated rings. The molecule has 0 bridgehead atoms. The second kappa shape index (κ2) is 10.8. The number of rotatable bonds is 4. The lowest BCUT2D eigenvalue weighted by Gasteiger charge is -2.35. The van der Waals surface area contributed by atoms with Crippen LogP contribution in [0.3, 0.4) is 0 Å². The van der Waals surface area contributed by atoms with Gasteiger partial charge in [0.15, 0.2) is 0 Å². The smallest absolute Gasteiger partial charge is 0.352 e. The number of carbonyl (C=O) groups excluding carboxylic acids is 1. The normalized spacial score (nSPS) is 17.5. The highest BCUT2D eigenvalue weighted by atomic mass is 35.5. The van der Waals surface area contributed by atoms with Gasteiger partial charge in [0.2, 0.25) is 5.91 Å². The molecule has 1 saturated heterocycles. The summed E-state index contributed by atoms with van der Waals surface area (Å²) in [6, 6.07) is 8.14. The fourth-order valence-electron chi connectivity index (χ4n) is 5.38. The molecular weight excluding hydrogens is 595 g/mol. The number of piperazine rings is 1. The van der Waals surface area contributed by atoms with Crippen molar-refractivity contribution in [1.29, 1.82) is 0 Å². The summed E-state index contributed by atoms with van der Waals surface area (Å²) in [5.74, 6) is 0.149. The van der Waals surface area contributed by atoms with Crippen LogP contribution in [-0.4, -0.2) is 57.3 Å². The van der Waals surface area contributed by atoms with Crippen molar-refractivity contribution in [3.63, 3.8) is 0 Å². The molecule has 3 aromatic heterocycles. The summed E-state index contributed by atoms with van der Waals surface area (Å²) in [6.07, 6.45) is -1.79. The van der Waals surface area contributed by atoms with Crippen molar-refractivity contribution in [2.45, 2.75) is 23.5 Å². The number of carbonyl (C=O) groups is 1. The van der Waals surface area contributed by atoms with Gasteiger partial charge in [-0.2, -0.15) is 18.2 Å². The van der Waals surface area contributed by atoms with E-state index < -0.39 is 17.4 Å². The van der Waals surface area contributed by atoms with Crippen LogP contribution in [0.2, 0.25) is 5.02 Å². The van der Waals surface area contributed by atoms with Crippen LogP contribution in [0.5, 0.6) is 0 Å². The van der Waals surface area contributed by atoms with Crippen LogP contribution in [0.15, 0.2) is 64.3 Å². The number of alkyl halides is 3. The maximum Gasteiger partial charge on any atom is 0.417 e. The number of hydrogen-bond acceptors (Lipinski definition) is 7. The molecule has 1 atom stereocenters. The van der Waals surface area contributed by atoms with E-state index in [0.717, 1.165) is 23.1 Å². The first-order valence-electron chi connectivity index (χ1n) is 12.8. The van der Waals surface area contributed by atoms with Gasteiger partial charge in [-0.15, -0.1) is 23.1 Å². The zero-order valence-electron chi connectivity index (χ0n) is 21.5. The topological polar surface area (TPSA) is 71.3 Å². The lowest BCUT2D eigenvalue weighted by molar-refractivity contribution is -0.137. The Bertz CT molecular complexity index is 1720. The standard InChI is InChI=1S/C28H23ClF3N5O2S2/c1-2-22(38)35-7-9-36(10-8-35)26-18-12-19(28(30,31)32)23(21-11-17(29)15-40-21)25-24(18)37(27(39)34-26)13-16(14-41-25)20-5-3-4-6-33-20/h2-6,11-12,15-16H,1,7-10,13-14H2/t16-/m1/s1. The van der Waals surface area contributed by atoms with Gasteiger partial charge in [0, 0.05) is 82.4 Å². The lowest BCUT2D eigenvalue weighted by atomic mass is 10.0. The van der Waals surface area contributed by atoms with Gasteiger partial charge in [-0.1, -0.05) is 24.2 Å². The number of pyridine rings is 1. The molecule has 0 radical (unpaired) electrons. The third kappa shape index (κ3) is 5.13. The SMILES string of the molecule is C=CC(=O)N1CCN(c2nc(=O)n3c4c(c(-c5cc(Cl)cs5)c(C(F)(F)F)cc24)SC[C@H](c2ccccn2)C3)CC1. The number of amides is 1. The van der Waals surface area contributed by atoms with E-state index in [9.17, 15) is 22.8 Å². The number of thioether (sulfide) groups is 1. The molecule has 0 unspecified atom stereocenters. The molecule has 0 N–H and O–H groups in total. The Labute approximate surface area is 246 Å². The highest BCUT2D eigenvalue weighted by Gasteiger charge is 2.39. The molecule has 0 spiro atoms. The quantitative estimate of drug-likeness (QED) is 0.265. The zero-order valence-corrected chi connectivity index (χ0v) is 23.9. The average Bonchev–Trinajstić information content (AvgIpc) is 3.29. The molecule has 212 valence electrons. The highest BCUT2D eigenvalue weighted by Crippen LogP contribution is 2.50. The Balaban J connectivity index is 1.60. The minimum absolute atomic E-state index is 0.0141. The minimum Gasteiger partial charge on any atom is -0.352 e. The average molecular weight is 618 g/mol. The van der Waals surface area contributed by atoms with E-state index in [-0.39, 0.29) is 35.1 Å². The first-order chi connectivity index (χ1) is 19.7. The first kappa shape index (κ1) is 27.8. The molecule has 4 aromatic rings. The van der Waals surface area contributed by atoms with Gasteiger partial charge >= 0.3 is 11.9 Å². The number of nitrogens with zero attached hydrogens (tertiary/aromatic N) is 5. The van der Waals surface area contributed by atoms with Gasteiger partial charge in [0.05, 0.1) is 16.1 Å². The van der Waals surface area contributed by atoms with Crippen LogP contribution >= 0.6 is 34.7 Å². The lowest BCUT2D eigenvalue weighted by Crippen LogP contribution is -2.49. The Kier molecular flexibility index (Phi) is 7.33. The predicted molar refractivity (Wildman–Crippen MR) is 156 cm³/mol. The van der Waals surface area contributed by atoms with E-state index in [0.29, 0.717) is 52.2 Å². The van der Waals surface area contributed by atoms with E-state index in [4.69, 9.17) is 11.6 Å². The van der Waals surface area contributed by atoms with Crippen LogP contribution in [0.1, 0.15) is 17.2 Å². The summed E-state index contributed by atoms with van der Waals surface area (Å²) in [6.45, 7) is 5.03. The molecule has 13 heteroatoms. The molecule has 6 rings (SSSR count). The molecule has 0 saturated carbocycles. The molecule has 1 aromatic carbocycles. The Morgan fingerprint density at radius 2 is 1.95 bits per heavy atom. The van der Waals surface area contributed by atoms with Crippen LogP contribution in [0.4, 0.5) is 19.0 Å². The largest absolute Gasteiger partial charge is 0.417 e. The van der Waals surface area contributed by atoms with Crippen molar-refractivity contribution < 1.29 is 18.0 Å². The maximum absolute atomic E-state index is 14.8. The molecule has 41 heavy (non-hydrogen) atoms. The summed E-state index contributed by atoms with van der Waals surface area (Å²) in [5.41, 5.74) is -0.176. The highest BCUT2D eigenvalue weighted by molar-refractivity contribution is 7.99. The third-order valence-electron chi connectivity index (χ3n) is 7.32. The fourth-order valence-corrected chi connectivity index (χ4v) is 7.95. The van der Waals surface area contributed by atoms with Crippen molar-refractivity contribution in [1.82, 2.24) is 19.4 Å². The number of hydrogen-bond donors (Lipinski definition) is 0. The van der Waals surface area contributed by atoms with Crippen molar-refractivity contribution in [3.8, 4) is 10.4 Å². The summed E-state index contributed by atoms with van der Waals surface area (Å²) in [4.78, 5) is 38.7. The van der Waals surface area contributed by atoms with Crippen LogP contribution in [0.25, 0.3) is 21.3 Å². The summed E-state index contributed by atoms with van der Waals surface area (Å²) in [7, 11) is 0. The van der Waals surface area contributed by atoms with Gasteiger partial charge in [-0.3, -0.25) is 14.3 Å². The first-order valence-corrected chi connectivity index (χ1v) is 15.0. The number of thiophene rings is 1. The molecule has 2 aliphatic heterocycles. The van der Waals surface area contributed by atoms with E-state index in [1.807, 2.05) is 12.1 Å². The van der Waals surface area contributed by atoms with Gasteiger partial charge in [0.25, 0.3) is 0 Å². The van der Waals surface area contributed by atoms with Crippen LogP contribution < -0.4 is 10.6 Å². The van der Waals surface area contributed by atoms with Crippen LogP contribution in [-0.2, 0) is 17.5 Å². The van der Waals surface area contributed by atoms with E-state index in [1.54, 1.807) is 27.4 Å². The zero-order chi connectivity index (χ0) is 28.9. The molecule has 7 nitrogen and oxygen atoms in total. The van der Waals surface area contributed by atoms with Crippen molar-refractivity contribution in [2.24, 2.45) is 0 Å². The number of aromatic nitrogens is 3. The summed E-state index contributed by atoms with van der Waals surface area (Å²) < 4.78 is 45.8. The Morgan fingerprint density at radius 1 is 1.17 bits per heavy atom. The second-order valence-corrected chi connectivity index (χ2v) is 12.1. The van der Waals surface area contributed by atoms with Crippen LogP contribution in [0, 0.1) is 0 Å². The van der Waals surface area contributed by atoms with Crippen molar-refractivity contribution in [2.75, 3.05) is 36.8 Å². The second-order valence-electron chi connectivity index (χ2n) is 9.76. The summed E-state index contributed by atoms with van der Waals surface area (Å²) in [5, 5.41) is 2.19. The van der Waals surface area contributed by atoms with Gasteiger partial charge < -0.3 is 9.80 Å². The maximum atomic E-state index is 14.8. The monoisotopic (exact) mass is 617 g/mol. The number of halogens is 4. The Morgan fingerprint density at radius 3 is 2.59 bits per heavy atom. The number of benzene rings is 1. The molecular formula is C28H23ClF3N5O2S2. The van der Waals surface area contributed by atoms with Gasteiger partial charge in [0.1, 0.15) is 5.82 Å². The molecule has 1 amide bonds. The molecule has 2 aliphatic rings. The fraction of sp³-hybridized carbons (Fsp3) is 0.286. The molecule has 0 aliphatic carbocycles.